The van der Waals surface area contributed by atoms with Crippen LogP contribution in [0.1, 0.15) is 126 Å². The monoisotopic (exact) mass is 1020 g/mol. The van der Waals surface area contributed by atoms with E-state index < -0.39 is 17.9 Å². The molecule has 13 nitrogen and oxygen atoms in total. The van der Waals surface area contributed by atoms with E-state index in [0.717, 1.165) is 30.6 Å². The van der Waals surface area contributed by atoms with E-state index in [0.29, 0.717) is 87.9 Å². The summed E-state index contributed by atoms with van der Waals surface area (Å²) < 4.78 is 34.4. The second-order valence-corrected chi connectivity index (χ2v) is 17.9. The van der Waals surface area contributed by atoms with Crippen molar-refractivity contribution in [2.24, 2.45) is 15.2 Å². The summed E-state index contributed by atoms with van der Waals surface area (Å²) in [4.78, 5) is 43.1. The van der Waals surface area contributed by atoms with Crippen molar-refractivity contribution >= 4 is 41.2 Å². The summed E-state index contributed by atoms with van der Waals surface area (Å²) in [7, 11) is 0. The van der Waals surface area contributed by atoms with Crippen LogP contribution in [0, 0.1) is 11.3 Å². The summed E-state index contributed by atoms with van der Waals surface area (Å²) in [5, 5.41) is 17.3. The standard InChI is InChI=1S/C63H62N4O9/c1-2-3-4-5-6-7-8-9-10-11-41-71-55-31-21-50(22-32-55)62(69)75-60-39-37-57(38-40-60)73-43-13-12-42-72-56-33-23-49(24-34-56)61(68)74-58-29-19-48(20-30-58)46-65-54-16-14-15-51(44-54)63(70)76-59-35-27-53(28-36-59)67-66-52-25-17-47(45-64)18-26-52/h14-40,44,46H,2-13,41-43H2,1H3. The van der Waals surface area contributed by atoms with Gasteiger partial charge in [0, 0.05) is 6.21 Å². The molecule has 0 amide bonds. The van der Waals surface area contributed by atoms with Gasteiger partial charge in [-0.25, -0.2) is 14.4 Å². The maximum absolute atomic E-state index is 12.9. The van der Waals surface area contributed by atoms with E-state index in [4.69, 9.17) is 33.7 Å². The minimum absolute atomic E-state index is 0.323. The number of hydrogen-bond donors (Lipinski definition) is 0. The van der Waals surface area contributed by atoms with Crippen LogP contribution in [-0.2, 0) is 0 Å². The molecule has 0 N–H and O–H groups in total. The molecule has 0 saturated carbocycles. The Labute approximate surface area is 444 Å². The number of carbonyl (C=O) groups excluding carboxylic acids is 3. The largest absolute Gasteiger partial charge is 0.494 e. The van der Waals surface area contributed by atoms with Crippen molar-refractivity contribution < 1.29 is 42.8 Å². The molecule has 0 radical (unpaired) electrons. The molecule has 0 fully saturated rings. The lowest BCUT2D eigenvalue weighted by molar-refractivity contribution is 0.0725. The van der Waals surface area contributed by atoms with Crippen LogP contribution >= 0.6 is 0 Å². The molecule has 7 aromatic carbocycles. The van der Waals surface area contributed by atoms with Crippen LogP contribution in [-0.4, -0.2) is 43.9 Å². The highest BCUT2D eigenvalue weighted by Crippen LogP contribution is 2.25. The van der Waals surface area contributed by atoms with E-state index in [1.54, 1.807) is 176 Å². The normalized spacial score (nSPS) is 11.0. The van der Waals surface area contributed by atoms with Crippen molar-refractivity contribution in [3.63, 3.8) is 0 Å². The van der Waals surface area contributed by atoms with Gasteiger partial charge < -0.3 is 28.4 Å². The third-order valence-corrected chi connectivity index (χ3v) is 11.9. The van der Waals surface area contributed by atoms with Crippen LogP contribution < -0.4 is 28.4 Å². The highest BCUT2D eigenvalue weighted by atomic mass is 16.5. The summed E-state index contributed by atoms with van der Waals surface area (Å²) in [6, 6.07) is 49.9. The van der Waals surface area contributed by atoms with Crippen LogP contribution in [0.15, 0.2) is 185 Å². The zero-order valence-corrected chi connectivity index (χ0v) is 42.8. The second-order valence-electron chi connectivity index (χ2n) is 17.9. The summed E-state index contributed by atoms with van der Waals surface area (Å²) in [5.74, 6) is 1.69. The van der Waals surface area contributed by atoms with E-state index in [1.807, 2.05) is 0 Å². The number of ether oxygens (including phenoxy) is 6. The first-order valence-corrected chi connectivity index (χ1v) is 25.9. The quantitative estimate of drug-likeness (QED) is 0.0145. The maximum Gasteiger partial charge on any atom is 0.343 e. The number of nitrogens with zero attached hydrogens (tertiary/aromatic N) is 4. The molecule has 0 aliphatic heterocycles. The van der Waals surface area contributed by atoms with Gasteiger partial charge in [-0.2, -0.15) is 15.5 Å². The van der Waals surface area contributed by atoms with Gasteiger partial charge in [-0.3, -0.25) is 4.99 Å². The van der Waals surface area contributed by atoms with Gasteiger partial charge in [0.2, 0.25) is 0 Å². The summed E-state index contributed by atoms with van der Waals surface area (Å²) >= 11 is 0. The van der Waals surface area contributed by atoms with E-state index in [1.165, 1.54) is 57.8 Å². The molecule has 0 aliphatic rings. The SMILES string of the molecule is CCCCCCCCCCCCOc1ccc(C(=O)Oc2ccc(OCCCCOc3ccc(C(=O)Oc4ccc(C=Nc5cccc(C(=O)Oc6ccc(N=Nc7ccc(C#N)cc7)cc6)c5)cc4)cc3)cc2)cc1. The summed E-state index contributed by atoms with van der Waals surface area (Å²) in [5.41, 5.74) is 4.16. The van der Waals surface area contributed by atoms with Crippen LogP contribution in [0.5, 0.6) is 34.5 Å². The lowest BCUT2D eigenvalue weighted by Gasteiger charge is -2.10. The molecule has 388 valence electrons. The molecule has 76 heavy (non-hydrogen) atoms. The Morgan fingerprint density at radius 1 is 0.421 bits per heavy atom. The zero-order chi connectivity index (χ0) is 53.0. The van der Waals surface area contributed by atoms with Gasteiger partial charge in [-0.1, -0.05) is 70.8 Å². The van der Waals surface area contributed by atoms with Crippen molar-refractivity contribution in [3.05, 3.63) is 198 Å². The van der Waals surface area contributed by atoms with E-state index in [9.17, 15) is 14.4 Å². The Balaban J connectivity index is 0.740. The minimum Gasteiger partial charge on any atom is -0.494 e. The first kappa shape index (κ1) is 54.9. The number of benzene rings is 7. The van der Waals surface area contributed by atoms with Crippen molar-refractivity contribution in [1.82, 2.24) is 0 Å². The first-order chi connectivity index (χ1) is 37.3. The van der Waals surface area contributed by atoms with Crippen LogP contribution in [0.4, 0.5) is 17.1 Å². The highest BCUT2D eigenvalue weighted by molar-refractivity contribution is 5.93. The Hall–Kier alpha value is -8.89. The molecule has 7 aromatic rings. The fourth-order valence-electron chi connectivity index (χ4n) is 7.62. The van der Waals surface area contributed by atoms with Gasteiger partial charge in [-0.15, -0.1) is 0 Å². The number of rotatable bonds is 29. The van der Waals surface area contributed by atoms with Gasteiger partial charge in [-0.05, 0) is 189 Å². The molecule has 0 unspecified atom stereocenters. The average molecular weight is 1020 g/mol. The van der Waals surface area contributed by atoms with Gasteiger partial charge in [0.05, 0.1) is 65.2 Å². The van der Waals surface area contributed by atoms with Crippen LogP contribution in [0.3, 0.4) is 0 Å². The summed E-state index contributed by atoms with van der Waals surface area (Å²) in [6.07, 6.45) is 15.9. The predicted octanol–water partition coefficient (Wildman–Crippen LogP) is 15.9. The average Bonchev–Trinajstić information content (AvgIpc) is 3.46. The fourth-order valence-corrected chi connectivity index (χ4v) is 7.62. The number of esters is 3. The number of azo groups is 1. The molecule has 0 bridgehead atoms. The van der Waals surface area contributed by atoms with Gasteiger partial charge in [0.25, 0.3) is 0 Å². The molecular weight excluding hydrogens is 957 g/mol. The van der Waals surface area contributed by atoms with E-state index >= 15 is 0 Å². The summed E-state index contributed by atoms with van der Waals surface area (Å²) in [6.45, 7) is 3.88. The van der Waals surface area contributed by atoms with Crippen molar-refractivity contribution in [3.8, 4) is 40.6 Å². The Kier molecular flexibility index (Phi) is 21.9. The number of carbonyl (C=O) groups is 3. The van der Waals surface area contributed by atoms with Crippen LogP contribution in [0.2, 0.25) is 0 Å². The Bertz CT molecular complexity index is 3010. The topological polar surface area (TPSA) is 167 Å². The van der Waals surface area contributed by atoms with Crippen molar-refractivity contribution in [2.75, 3.05) is 19.8 Å². The fraction of sp³-hybridized carbons (Fsp3) is 0.254. The minimum atomic E-state index is -0.545. The van der Waals surface area contributed by atoms with E-state index in [2.05, 4.69) is 28.2 Å². The predicted molar refractivity (Wildman–Crippen MR) is 294 cm³/mol. The lowest BCUT2D eigenvalue weighted by atomic mass is 10.1. The Morgan fingerprint density at radius 3 is 1.28 bits per heavy atom. The number of nitriles is 1. The molecule has 0 aliphatic carbocycles. The molecule has 0 spiro atoms. The number of hydrogen-bond acceptors (Lipinski definition) is 13. The van der Waals surface area contributed by atoms with Crippen molar-refractivity contribution in [2.45, 2.75) is 84.0 Å². The van der Waals surface area contributed by atoms with E-state index in [-0.39, 0.29) is 0 Å². The second kappa shape index (κ2) is 30.3. The van der Waals surface area contributed by atoms with Crippen molar-refractivity contribution in [1.29, 1.82) is 5.26 Å². The lowest BCUT2D eigenvalue weighted by Crippen LogP contribution is -2.08. The third-order valence-electron chi connectivity index (χ3n) is 11.9. The maximum atomic E-state index is 12.9. The van der Waals surface area contributed by atoms with Gasteiger partial charge in [0.1, 0.15) is 34.5 Å². The molecule has 7 rings (SSSR count). The molecule has 0 heterocycles. The van der Waals surface area contributed by atoms with Crippen LogP contribution in [0.25, 0.3) is 0 Å². The molecule has 0 atom stereocenters. The van der Waals surface area contributed by atoms with Gasteiger partial charge >= 0.3 is 17.9 Å². The third kappa shape index (κ3) is 18.9. The molecule has 0 aromatic heterocycles. The highest BCUT2D eigenvalue weighted by Gasteiger charge is 2.13. The first-order valence-electron chi connectivity index (χ1n) is 25.9. The Morgan fingerprint density at radius 2 is 0.803 bits per heavy atom. The molecular formula is C63H62N4O9. The smallest absolute Gasteiger partial charge is 0.343 e. The molecule has 13 heteroatoms. The number of aliphatic imine (C=N–C) groups is 1. The number of unbranched alkanes of at least 4 members (excludes halogenated alkanes) is 10. The van der Waals surface area contributed by atoms with Gasteiger partial charge in [0.15, 0.2) is 0 Å². The molecule has 0 saturated heterocycles. The zero-order valence-electron chi connectivity index (χ0n) is 42.8.